The van der Waals surface area contributed by atoms with Gasteiger partial charge in [-0.2, -0.15) is 0 Å². The molecule has 1 N–H and O–H groups in total. The predicted molar refractivity (Wildman–Crippen MR) is 138 cm³/mol. The maximum Gasteiger partial charge on any atom is 0.259 e. The van der Waals surface area contributed by atoms with E-state index in [1.54, 1.807) is 29.2 Å². The lowest BCUT2D eigenvalue weighted by Gasteiger charge is -2.37. The molecule has 3 aromatic carbocycles. The molecule has 4 nitrogen and oxygen atoms in total. The molecule has 0 unspecified atom stereocenters. The van der Waals surface area contributed by atoms with Crippen LogP contribution in [0.15, 0.2) is 84.1 Å². The van der Waals surface area contributed by atoms with Crippen LogP contribution in [0, 0.1) is 5.41 Å². The Morgan fingerprint density at radius 3 is 2.38 bits per heavy atom. The third-order valence-corrected chi connectivity index (χ3v) is 7.14. The van der Waals surface area contributed by atoms with E-state index in [1.807, 2.05) is 48.5 Å². The van der Waals surface area contributed by atoms with Gasteiger partial charge in [-0.3, -0.25) is 14.5 Å². The third kappa shape index (κ3) is 4.02. The summed E-state index contributed by atoms with van der Waals surface area (Å²) in [6.07, 6.45) is 1.09. The number of halogens is 2. The van der Waals surface area contributed by atoms with Gasteiger partial charge >= 0.3 is 0 Å². The lowest BCUT2D eigenvalue weighted by atomic mass is 9.73. The van der Waals surface area contributed by atoms with E-state index in [9.17, 15) is 9.59 Å². The lowest BCUT2D eigenvalue weighted by molar-refractivity contribution is -0.118. The van der Waals surface area contributed by atoms with Crippen molar-refractivity contribution in [2.45, 2.75) is 32.7 Å². The molecule has 1 atom stereocenters. The van der Waals surface area contributed by atoms with Crippen LogP contribution in [0.5, 0.6) is 0 Å². The van der Waals surface area contributed by atoms with Crippen LogP contribution in [0.1, 0.15) is 48.7 Å². The minimum atomic E-state index is -0.655. The highest BCUT2D eigenvalue weighted by Gasteiger charge is 2.43. The van der Waals surface area contributed by atoms with Crippen LogP contribution in [-0.2, 0) is 4.79 Å². The average Bonchev–Trinajstić information content (AvgIpc) is 2.94. The molecule has 0 bridgehead atoms. The van der Waals surface area contributed by atoms with Gasteiger partial charge in [-0.25, -0.2) is 0 Å². The first-order valence-electron chi connectivity index (χ1n) is 11.2. The molecule has 0 radical (unpaired) electrons. The summed E-state index contributed by atoms with van der Waals surface area (Å²) in [7, 11) is 0. The van der Waals surface area contributed by atoms with Crippen LogP contribution in [0.4, 0.5) is 11.4 Å². The Bertz CT molecular complexity index is 1330. The molecule has 1 aliphatic heterocycles. The molecule has 0 aromatic heterocycles. The monoisotopic (exact) mass is 490 g/mol. The molecule has 1 heterocycles. The summed E-state index contributed by atoms with van der Waals surface area (Å²) in [5.74, 6) is -0.175. The number of Topliss-reactive ketones (excluding diaryl/α,β-unsaturated/α-hetero) is 1. The predicted octanol–water partition coefficient (Wildman–Crippen LogP) is 7.45. The van der Waals surface area contributed by atoms with Gasteiger partial charge in [-0.1, -0.05) is 73.4 Å². The minimum absolute atomic E-state index is 0.0218. The molecule has 1 amide bonds. The summed E-state index contributed by atoms with van der Waals surface area (Å²) in [6, 6.07) is 21.4. The standard InChI is InChI=1S/C28H24Cl2N2O2/c1-28(2)15-22-25(24(33)16-28)26(18-12-13-19(29)20(30)14-18)32(23-11-7-6-10-21(23)31-22)27(34)17-8-4-3-5-9-17/h3-14,26,31H,15-16H2,1-2H3/t26-/m0/s1. The normalized spacial score (nSPS) is 19.1. The third-order valence-electron chi connectivity index (χ3n) is 6.40. The summed E-state index contributed by atoms with van der Waals surface area (Å²) in [5.41, 5.74) is 4.00. The Kier molecular flexibility index (Phi) is 5.75. The second kappa shape index (κ2) is 8.61. The highest BCUT2D eigenvalue weighted by Crippen LogP contribution is 2.49. The number of ketones is 1. The summed E-state index contributed by atoms with van der Waals surface area (Å²) >= 11 is 12.7. The fourth-order valence-electron chi connectivity index (χ4n) is 4.93. The van der Waals surface area contributed by atoms with E-state index in [4.69, 9.17) is 23.2 Å². The molecule has 34 heavy (non-hydrogen) atoms. The highest BCUT2D eigenvalue weighted by atomic mass is 35.5. The Morgan fingerprint density at radius 1 is 0.941 bits per heavy atom. The molecule has 1 aliphatic carbocycles. The Balaban J connectivity index is 1.81. The van der Waals surface area contributed by atoms with Crippen LogP contribution >= 0.6 is 23.2 Å². The maximum atomic E-state index is 14.1. The SMILES string of the molecule is CC1(C)CC(=O)C2=C(C1)Nc1ccccc1N(C(=O)c1ccccc1)[C@H]2c1ccc(Cl)c(Cl)c1. The van der Waals surface area contributed by atoms with Gasteiger partial charge in [0.05, 0.1) is 27.5 Å². The first-order valence-corrected chi connectivity index (χ1v) is 12.0. The van der Waals surface area contributed by atoms with Crippen molar-refractivity contribution in [1.29, 1.82) is 0 Å². The number of fused-ring (bicyclic) bond motifs is 1. The molecule has 2 aliphatic rings. The average molecular weight is 491 g/mol. The van der Waals surface area contributed by atoms with E-state index in [0.29, 0.717) is 39.7 Å². The quantitative estimate of drug-likeness (QED) is 0.405. The van der Waals surface area contributed by atoms with Gasteiger partial charge < -0.3 is 5.32 Å². The number of nitrogens with one attached hydrogen (secondary N) is 1. The number of allylic oxidation sites excluding steroid dienone is 1. The molecular weight excluding hydrogens is 467 g/mol. The zero-order chi connectivity index (χ0) is 24.0. The van der Waals surface area contributed by atoms with Gasteiger partial charge in [-0.15, -0.1) is 0 Å². The fraction of sp³-hybridized carbons (Fsp3) is 0.214. The van der Waals surface area contributed by atoms with Crippen molar-refractivity contribution in [3.63, 3.8) is 0 Å². The molecule has 6 heteroatoms. The van der Waals surface area contributed by atoms with Gasteiger partial charge in [0.15, 0.2) is 5.78 Å². The first-order chi connectivity index (χ1) is 16.2. The number of hydrogen-bond acceptors (Lipinski definition) is 3. The van der Waals surface area contributed by atoms with Crippen LogP contribution in [-0.4, -0.2) is 11.7 Å². The second-order valence-corrected chi connectivity index (χ2v) is 10.4. The molecular formula is C28H24Cl2N2O2. The van der Waals surface area contributed by atoms with E-state index >= 15 is 0 Å². The molecule has 3 aromatic rings. The van der Waals surface area contributed by atoms with Crippen LogP contribution in [0.25, 0.3) is 0 Å². The van der Waals surface area contributed by atoms with Crippen molar-refractivity contribution in [2.75, 3.05) is 10.2 Å². The van der Waals surface area contributed by atoms with Crippen LogP contribution in [0.2, 0.25) is 10.0 Å². The van der Waals surface area contributed by atoms with Gasteiger partial charge in [0, 0.05) is 23.3 Å². The van der Waals surface area contributed by atoms with Gasteiger partial charge in [0.25, 0.3) is 5.91 Å². The van der Waals surface area contributed by atoms with Crippen molar-refractivity contribution in [1.82, 2.24) is 0 Å². The van der Waals surface area contributed by atoms with Crippen molar-refractivity contribution in [3.8, 4) is 0 Å². The number of carbonyl (C=O) groups is 2. The van der Waals surface area contributed by atoms with E-state index in [1.165, 1.54) is 0 Å². The summed E-state index contributed by atoms with van der Waals surface area (Å²) in [5, 5.41) is 4.31. The fourth-order valence-corrected chi connectivity index (χ4v) is 5.23. The number of para-hydroxylation sites is 2. The number of carbonyl (C=O) groups excluding carboxylic acids is 2. The number of benzene rings is 3. The molecule has 0 saturated heterocycles. The highest BCUT2D eigenvalue weighted by molar-refractivity contribution is 6.42. The number of hydrogen-bond donors (Lipinski definition) is 1. The number of rotatable bonds is 2. The maximum absolute atomic E-state index is 14.1. The summed E-state index contributed by atoms with van der Waals surface area (Å²) < 4.78 is 0. The molecule has 172 valence electrons. The number of nitrogens with zero attached hydrogens (tertiary/aromatic N) is 1. The Labute approximate surface area is 209 Å². The zero-order valence-electron chi connectivity index (χ0n) is 18.9. The minimum Gasteiger partial charge on any atom is -0.357 e. The Hall–Kier alpha value is -3.08. The number of amides is 1. The van der Waals surface area contributed by atoms with E-state index < -0.39 is 6.04 Å². The van der Waals surface area contributed by atoms with Crippen molar-refractivity contribution < 1.29 is 9.59 Å². The lowest BCUT2D eigenvalue weighted by Crippen LogP contribution is -2.39. The van der Waals surface area contributed by atoms with Gasteiger partial charge in [0.2, 0.25) is 0 Å². The van der Waals surface area contributed by atoms with Crippen LogP contribution in [0.3, 0.4) is 0 Å². The topological polar surface area (TPSA) is 49.4 Å². The second-order valence-electron chi connectivity index (χ2n) is 9.59. The first kappa shape index (κ1) is 22.7. The summed E-state index contributed by atoms with van der Waals surface area (Å²) in [6.45, 7) is 4.18. The molecule has 0 fully saturated rings. The van der Waals surface area contributed by atoms with Gasteiger partial charge in [0.1, 0.15) is 0 Å². The van der Waals surface area contributed by atoms with E-state index in [-0.39, 0.29) is 17.1 Å². The van der Waals surface area contributed by atoms with Crippen molar-refractivity contribution in [2.24, 2.45) is 5.41 Å². The number of anilines is 2. The summed E-state index contributed by atoms with van der Waals surface area (Å²) in [4.78, 5) is 29.5. The van der Waals surface area contributed by atoms with Crippen molar-refractivity contribution >= 4 is 46.3 Å². The molecule has 0 saturated carbocycles. The van der Waals surface area contributed by atoms with E-state index in [2.05, 4.69) is 19.2 Å². The zero-order valence-corrected chi connectivity index (χ0v) is 20.5. The molecule has 0 spiro atoms. The van der Waals surface area contributed by atoms with Crippen LogP contribution < -0.4 is 10.2 Å². The van der Waals surface area contributed by atoms with E-state index in [0.717, 1.165) is 16.9 Å². The largest absolute Gasteiger partial charge is 0.357 e. The smallest absolute Gasteiger partial charge is 0.259 e. The van der Waals surface area contributed by atoms with Gasteiger partial charge in [-0.05, 0) is 53.8 Å². The molecule has 5 rings (SSSR count). The Morgan fingerprint density at radius 2 is 1.65 bits per heavy atom. The van der Waals surface area contributed by atoms with Crippen molar-refractivity contribution in [3.05, 3.63) is 105 Å².